The second-order valence-electron chi connectivity index (χ2n) is 3.56. The van der Waals surface area contributed by atoms with Crippen molar-refractivity contribution in [3.05, 3.63) is 23.2 Å². The number of nitrogens with zero attached hydrogens (tertiary/aromatic N) is 2. The number of fused-ring (bicyclic) bond motifs is 1. The number of hydrogen-bond donors (Lipinski definition) is 2. The predicted molar refractivity (Wildman–Crippen MR) is 62.3 cm³/mol. The summed E-state index contributed by atoms with van der Waals surface area (Å²) in [7, 11) is 1.47. The fourth-order valence-corrected chi connectivity index (χ4v) is 1.86. The number of halogens is 1. The molecule has 2 heterocycles. The maximum absolute atomic E-state index is 11.2. The number of carbonyl (C=O) groups is 1. The lowest BCUT2D eigenvalue weighted by Gasteiger charge is -2.30. The zero-order valence-electron chi connectivity index (χ0n) is 10.3. The van der Waals surface area contributed by atoms with Gasteiger partial charge in [0.15, 0.2) is 1.41 Å². The van der Waals surface area contributed by atoms with Crippen molar-refractivity contribution < 1.29 is 16.0 Å². The highest BCUT2D eigenvalue weighted by molar-refractivity contribution is 6.21. The fraction of sp³-hybridized carbons (Fsp3) is 0.400. The molecule has 2 rings (SSSR count). The molecule has 0 fully saturated rings. The number of carboxylic acid groups (broad SMARTS) is 1. The Balaban J connectivity index is 2.52. The zero-order valence-corrected chi connectivity index (χ0v) is 10.0. The van der Waals surface area contributed by atoms with Crippen LogP contribution in [0.3, 0.4) is 0 Å². The molecule has 2 aliphatic rings. The Morgan fingerprint density at radius 2 is 2.59 bits per heavy atom. The molecule has 6 nitrogen and oxygen atoms in total. The van der Waals surface area contributed by atoms with Crippen LogP contribution in [0.1, 0.15) is 6.92 Å². The van der Waals surface area contributed by atoms with Gasteiger partial charge in [0.25, 0.3) is 0 Å². The molecule has 0 saturated heterocycles. The SMILES string of the molecule is [2H]N1[C@@H](Cl)C=C2N=CC(C(=O)O)=C(C(C)OC)N21. The van der Waals surface area contributed by atoms with Crippen LogP contribution in [0.2, 0.25) is 1.41 Å². The van der Waals surface area contributed by atoms with E-state index < -0.39 is 17.6 Å². The maximum atomic E-state index is 11.2. The first-order valence-electron chi connectivity index (χ1n) is 5.40. The molecule has 2 atom stereocenters. The van der Waals surface area contributed by atoms with Crippen LogP contribution in [-0.2, 0) is 9.53 Å². The van der Waals surface area contributed by atoms with Gasteiger partial charge in [-0.2, -0.15) is 0 Å². The first kappa shape index (κ1) is 10.8. The first-order valence-corrected chi connectivity index (χ1v) is 5.39. The van der Waals surface area contributed by atoms with Crippen molar-refractivity contribution in [1.29, 1.82) is 0 Å². The number of alkyl halides is 1. The number of nitrogens with one attached hydrogen (secondary N) is 1. The number of ether oxygens (including phenoxy) is 1. The van der Waals surface area contributed by atoms with Gasteiger partial charge < -0.3 is 9.84 Å². The van der Waals surface area contributed by atoms with Gasteiger partial charge in [0.1, 0.15) is 16.9 Å². The van der Waals surface area contributed by atoms with Crippen LogP contribution >= 0.6 is 11.6 Å². The van der Waals surface area contributed by atoms with Crippen molar-refractivity contribution in [1.82, 2.24) is 10.4 Å². The normalized spacial score (nSPS) is 26.8. The van der Waals surface area contributed by atoms with Crippen LogP contribution in [0, 0.1) is 0 Å². The maximum Gasteiger partial charge on any atom is 0.339 e. The summed E-state index contributed by atoms with van der Waals surface area (Å²) in [4.78, 5) is 15.2. The van der Waals surface area contributed by atoms with E-state index in [0.29, 0.717) is 11.5 Å². The van der Waals surface area contributed by atoms with Crippen LogP contribution < -0.4 is 5.42 Å². The Hall–Kier alpha value is -1.37. The number of hydrazine groups is 1. The molecule has 17 heavy (non-hydrogen) atoms. The molecule has 0 aromatic heterocycles. The molecule has 0 aromatic rings. The fourth-order valence-electron chi connectivity index (χ4n) is 1.66. The average Bonchev–Trinajstić information content (AvgIpc) is 2.63. The van der Waals surface area contributed by atoms with Crippen LogP contribution in [0.15, 0.2) is 28.2 Å². The molecular formula is C10H12ClN3O3. The Kier molecular flexibility index (Phi) is 2.84. The first-order chi connectivity index (χ1) is 8.47. The predicted octanol–water partition coefficient (Wildman–Crippen LogP) is 0.671. The highest BCUT2D eigenvalue weighted by Gasteiger charge is 2.33. The molecular weight excluding hydrogens is 246 g/mol. The van der Waals surface area contributed by atoms with Crippen LogP contribution in [0.5, 0.6) is 0 Å². The summed E-state index contributed by atoms with van der Waals surface area (Å²) in [5, 5.41) is 10.5. The highest BCUT2D eigenvalue weighted by atomic mass is 35.5. The summed E-state index contributed by atoms with van der Waals surface area (Å²) in [6, 6.07) is 0. The topological polar surface area (TPSA) is 74.2 Å². The summed E-state index contributed by atoms with van der Waals surface area (Å²) in [6.45, 7) is 1.70. The van der Waals surface area contributed by atoms with E-state index in [4.69, 9.17) is 22.9 Å². The van der Waals surface area contributed by atoms with Crippen molar-refractivity contribution in [3.63, 3.8) is 0 Å². The van der Waals surface area contributed by atoms with E-state index >= 15 is 0 Å². The zero-order chi connectivity index (χ0) is 13.4. The Labute approximate surface area is 105 Å². The van der Waals surface area contributed by atoms with E-state index in [1.54, 1.807) is 13.0 Å². The van der Waals surface area contributed by atoms with Gasteiger partial charge in [0.2, 0.25) is 0 Å². The molecule has 0 radical (unpaired) electrons. The van der Waals surface area contributed by atoms with Crippen molar-refractivity contribution >= 4 is 23.8 Å². The molecule has 92 valence electrons. The molecule has 0 amide bonds. The van der Waals surface area contributed by atoms with Gasteiger partial charge in [0.05, 0.1) is 11.8 Å². The van der Waals surface area contributed by atoms with Gasteiger partial charge in [-0.15, -0.1) is 0 Å². The quantitative estimate of drug-likeness (QED) is 0.575. The van der Waals surface area contributed by atoms with Crippen molar-refractivity contribution in [3.8, 4) is 0 Å². The van der Waals surface area contributed by atoms with E-state index in [2.05, 4.69) is 4.99 Å². The second-order valence-corrected chi connectivity index (χ2v) is 4.01. The van der Waals surface area contributed by atoms with Gasteiger partial charge in [0, 0.05) is 13.3 Å². The minimum atomic E-state index is -1.12. The third-order valence-electron chi connectivity index (χ3n) is 2.53. The monoisotopic (exact) mass is 258 g/mol. The van der Waals surface area contributed by atoms with Gasteiger partial charge in [-0.1, -0.05) is 11.6 Å². The Morgan fingerprint density at radius 3 is 3.18 bits per heavy atom. The van der Waals surface area contributed by atoms with E-state index in [-0.39, 0.29) is 5.57 Å². The second kappa shape index (κ2) is 4.48. The van der Waals surface area contributed by atoms with Crippen LogP contribution in [-0.4, -0.2) is 41.0 Å². The van der Waals surface area contributed by atoms with E-state index in [1.165, 1.54) is 18.3 Å². The number of aliphatic carboxylic acids is 1. The largest absolute Gasteiger partial charge is 0.478 e. The smallest absolute Gasteiger partial charge is 0.339 e. The number of methoxy groups -OCH3 is 1. The minimum Gasteiger partial charge on any atom is -0.478 e. The van der Waals surface area contributed by atoms with Gasteiger partial charge in [-0.25, -0.2) is 15.2 Å². The molecule has 0 aliphatic carbocycles. The lowest BCUT2D eigenvalue weighted by atomic mass is 10.1. The third kappa shape index (κ3) is 2.06. The number of hydrogen-bond acceptors (Lipinski definition) is 5. The molecule has 2 N–H and O–H groups in total. The van der Waals surface area contributed by atoms with Gasteiger partial charge in [-0.3, -0.25) is 5.01 Å². The van der Waals surface area contributed by atoms with Crippen molar-refractivity contribution in [2.75, 3.05) is 7.11 Å². The molecule has 0 bridgehead atoms. The summed E-state index contributed by atoms with van der Waals surface area (Å²) < 4.78 is 13.0. The Morgan fingerprint density at radius 1 is 1.88 bits per heavy atom. The van der Waals surface area contributed by atoms with E-state index in [0.717, 1.165) is 5.42 Å². The number of rotatable bonds is 3. The standard InChI is InChI=1S/C10H12ClN3O3/c1-5(17-2)9-6(10(15)16)4-12-8-3-7(11)13-14(8)9/h3-5,7,13H,1-2H3,(H,15,16)/t5?,7-/m1/s1/i/hD. The van der Waals surface area contributed by atoms with Crippen LogP contribution in [0.4, 0.5) is 0 Å². The van der Waals surface area contributed by atoms with Crippen molar-refractivity contribution in [2.24, 2.45) is 4.99 Å². The molecule has 0 spiro atoms. The molecule has 0 saturated carbocycles. The summed E-state index contributed by atoms with van der Waals surface area (Å²) in [6.07, 6.45) is 2.31. The van der Waals surface area contributed by atoms with E-state index in [9.17, 15) is 4.79 Å². The Bertz CT molecular complexity index is 477. The van der Waals surface area contributed by atoms with Crippen molar-refractivity contribution in [2.45, 2.75) is 18.5 Å². The number of carboxylic acids is 1. The molecule has 2 aliphatic heterocycles. The lowest BCUT2D eigenvalue weighted by molar-refractivity contribution is -0.132. The molecule has 7 heteroatoms. The third-order valence-corrected chi connectivity index (χ3v) is 2.74. The van der Waals surface area contributed by atoms with E-state index in [1.807, 2.05) is 0 Å². The molecule has 1 unspecified atom stereocenters. The van der Waals surface area contributed by atoms with Crippen LogP contribution in [0.25, 0.3) is 0 Å². The summed E-state index contributed by atoms with van der Waals surface area (Å²) >= 11 is 5.91. The molecule has 0 aromatic carbocycles. The van der Waals surface area contributed by atoms with Gasteiger partial charge in [-0.05, 0) is 13.0 Å². The highest BCUT2D eigenvalue weighted by Crippen LogP contribution is 2.28. The number of aliphatic imine (C=N–C) groups is 1. The lowest BCUT2D eigenvalue weighted by Crippen LogP contribution is -2.41. The minimum absolute atomic E-state index is 0.00971. The summed E-state index contributed by atoms with van der Waals surface area (Å²) in [5.74, 6) is -0.697. The average molecular weight is 259 g/mol. The van der Waals surface area contributed by atoms with Gasteiger partial charge >= 0.3 is 5.97 Å². The summed E-state index contributed by atoms with van der Waals surface area (Å²) in [5.41, 5.74) is 0.597.